The van der Waals surface area contributed by atoms with E-state index < -0.39 is 11.9 Å². The minimum atomic E-state index is -1.18. The van der Waals surface area contributed by atoms with Crippen LogP contribution >= 0.6 is 0 Å². The Morgan fingerprint density at radius 1 is 1.45 bits per heavy atom. The average molecular weight is 410 g/mol. The van der Waals surface area contributed by atoms with Crippen molar-refractivity contribution in [2.45, 2.75) is 0 Å². The van der Waals surface area contributed by atoms with Crippen LogP contribution in [0.3, 0.4) is 0 Å². The van der Waals surface area contributed by atoms with Crippen molar-refractivity contribution in [3.05, 3.63) is 19.1 Å². The summed E-state index contributed by atoms with van der Waals surface area (Å²) in [4.78, 5) is 20.1. The second-order valence-corrected chi connectivity index (χ2v) is 1.34. The van der Waals surface area contributed by atoms with Crippen molar-refractivity contribution in [1.82, 2.24) is 0 Å². The number of carboxylic acids is 1. The summed E-state index contributed by atoms with van der Waals surface area (Å²) in [5.41, 5.74) is 0. The second kappa shape index (κ2) is 5.81. The molecule has 0 heterocycles. The minimum absolute atomic E-state index is 0. The SMILES string of the molecule is [CH2-]COC(=O)/C=C\C(=O)O.[Rf]. The van der Waals surface area contributed by atoms with Crippen LogP contribution in [0.2, 0.25) is 0 Å². The number of hydrogen-bond acceptors (Lipinski definition) is 3. The molecule has 1 N–H and O–H groups in total. The zero-order valence-corrected chi connectivity index (χ0v) is 12.3. The van der Waals surface area contributed by atoms with Crippen molar-refractivity contribution in [3.8, 4) is 0 Å². The van der Waals surface area contributed by atoms with Crippen molar-refractivity contribution in [2.24, 2.45) is 0 Å². The number of carbonyl (C=O) groups is 2. The first-order valence-corrected chi connectivity index (χ1v) is 2.54. The third-order valence-electron chi connectivity index (χ3n) is 0.606. The van der Waals surface area contributed by atoms with Crippen LogP contribution < -0.4 is 0 Å². The van der Waals surface area contributed by atoms with E-state index in [1.165, 1.54) is 0 Å². The van der Waals surface area contributed by atoms with Crippen LogP contribution in [0, 0.1) is 6.92 Å². The molecule has 11 heavy (non-hydrogen) atoms. The summed E-state index contributed by atoms with van der Waals surface area (Å²) < 4.78 is 4.29. The Kier molecular flexibility index (Phi) is 6.06. The fourth-order valence-corrected chi connectivity index (χ4v) is 0.288. The van der Waals surface area contributed by atoms with E-state index in [1.807, 2.05) is 0 Å². The third kappa shape index (κ3) is 7.68. The molecule has 0 aromatic carbocycles. The van der Waals surface area contributed by atoms with Crippen LogP contribution in [0.1, 0.15) is 0 Å². The largest absolute Gasteiger partial charge is 0.496 e. The molecule has 0 saturated carbocycles. The molecule has 0 aliphatic carbocycles. The van der Waals surface area contributed by atoms with Gasteiger partial charge in [-0.3, -0.25) is 0 Å². The number of ether oxygens (including phenoxy) is 1. The standard InChI is InChI=1S/C6H7O4.Rf/c1-2-10-6(9)4-3-5(7)8;/h3-4H,1-2H2,(H,7,8);/q-1;/b4-3-;. The Labute approximate surface area is 58.1 Å². The topological polar surface area (TPSA) is 63.6 Å². The van der Waals surface area contributed by atoms with Crippen LogP contribution in [0.5, 0.6) is 0 Å². The maximum absolute atomic E-state index is 10.3. The molecule has 5 heteroatoms. The Morgan fingerprint density at radius 3 is 2.36 bits per heavy atom. The van der Waals surface area contributed by atoms with Crippen LogP contribution in [0.4, 0.5) is 0 Å². The number of esters is 1. The van der Waals surface area contributed by atoms with E-state index in [4.69, 9.17) is 5.11 Å². The van der Waals surface area contributed by atoms with Crippen LogP contribution in [-0.2, 0) is 14.3 Å². The van der Waals surface area contributed by atoms with E-state index in [-0.39, 0.29) is 6.61 Å². The number of aliphatic carboxylic acids is 1. The molecule has 0 amide bonds. The summed E-state index contributed by atoms with van der Waals surface area (Å²) in [5.74, 6) is -1.88. The Bertz CT molecular complexity index is 164. The van der Waals surface area contributed by atoms with Crippen molar-refractivity contribution >= 4 is 11.9 Å². The van der Waals surface area contributed by atoms with Crippen LogP contribution in [-0.4, -0.2) is 23.7 Å². The normalized spacial score (nSPS) is 8.82. The molecule has 58 valence electrons. The number of carbonyl (C=O) groups excluding carboxylic acids is 1. The molecule has 0 fully saturated rings. The van der Waals surface area contributed by atoms with Crippen molar-refractivity contribution < 1.29 is 19.4 Å². The van der Waals surface area contributed by atoms with Crippen molar-refractivity contribution in [3.63, 3.8) is 0 Å². The van der Waals surface area contributed by atoms with Gasteiger partial charge in [-0.25, -0.2) is 9.59 Å². The van der Waals surface area contributed by atoms with Gasteiger partial charge in [0, 0.05) is 12.2 Å². The first-order valence-electron chi connectivity index (χ1n) is 2.54. The molecular weight excluding hydrogens is 403 g/mol. The molecule has 0 saturated heterocycles. The van der Waals surface area contributed by atoms with Gasteiger partial charge in [-0.2, -0.15) is 0 Å². The molecule has 0 radical (unpaired) electrons. The molecule has 0 bridgehead atoms. The smallest absolute Gasteiger partial charge is 0.328 e. The van der Waals surface area contributed by atoms with Gasteiger partial charge in [0.2, 0.25) is 0 Å². The first kappa shape index (κ1) is 11.5. The summed E-state index contributed by atoms with van der Waals surface area (Å²) in [7, 11) is 0. The molecule has 0 unspecified atom stereocenters. The molecule has 0 atom stereocenters. The summed E-state index contributed by atoms with van der Waals surface area (Å²) >= 11 is 0. The average Bonchev–Trinajstić information content (AvgIpc) is 1.85. The number of rotatable bonds is 3. The zero-order valence-electron chi connectivity index (χ0n) is 5.95. The maximum atomic E-state index is 10.3. The zero-order chi connectivity index (χ0) is 7.98. The van der Waals surface area contributed by atoms with Gasteiger partial charge < -0.3 is 16.8 Å². The van der Waals surface area contributed by atoms with Gasteiger partial charge in [0.05, 0.1) is 0 Å². The molecule has 0 spiro atoms. The molecule has 4 nitrogen and oxygen atoms in total. The fourth-order valence-electron chi connectivity index (χ4n) is 0.288. The van der Waals surface area contributed by atoms with Gasteiger partial charge in [-0.15, -0.1) is 0 Å². The monoisotopic (exact) mass is 410 g/mol. The van der Waals surface area contributed by atoms with Gasteiger partial charge in [0.15, 0.2) is 0 Å². The van der Waals surface area contributed by atoms with E-state index in [9.17, 15) is 9.59 Å². The second-order valence-electron chi connectivity index (χ2n) is 1.34. The van der Waals surface area contributed by atoms with E-state index in [0.29, 0.717) is 6.08 Å². The number of hydrogen-bond donors (Lipinski definition) is 1. The van der Waals surface area contributed by atoms with E-state index in [1.54, 1.807) is 0 Å². The quantitative estimate of drug-likeness (QED) is 0.405. The number of carboxylic acid groups (broad SMARTS) is 1. The Balaban J connectivity index is 0. The van der Waals surface area contributed by atoms with Gasteiger partial charge >= 0.3 is 11.9 Å². The van der Waals surface area contributed by atoms with Crippen molar-refractivity contribution in [2.75, 3.05) is 6.61 Å². The molecule has 0 aliphatic rings. The molecule has 0 aliphatic heterocycles. The first-order chi connectivity index (χ1) is 4.66. The summed E-state index contributed by atoms with van der Waals surface area (Å²) in [6.07, 6.45) is 1.53. The predicted octanol–water partition coefficient (Wildman–Crippen LogP) is 0.00449. The van der Waals surface area contributed by atoms with Gasteiger partial charge in [0.25, 0.3) is 0 Å². The summed E-state index contributed by atoms with van der Waals surface area (Å²) in [6, 6.07) is 0. The third-order valence-corrected chi connectivity index (χ3v) is 0.606. The van der Waals surface area contributed by atoms with Gasteiger partial charge in [0.1, 0.15) is 0 Å². The maximum Gasteiger partial charge on any atom is 0.328 e. The minimum Gasteiger partial charge on any atom is -0.496 e. The van der Waals surface area contributed by atoms with E-state index >= 15 is 0 Å². The molecular formula is C6H7O4Rf-. The Morgan fingerprint density at radius 2 is 2.00 bits per heavy atom. The van der Waals surface area contributed by atoms with Gasteiger partial charge in [-0.1, -0.05) is 0 Å². The van der Waals surface area contributed by atoms with Crippen molar-refractivity contribution in [1.29, 1.82) is 0 Å². The predicted molar refractivity (Wildman–Crippen MR) is 33.1 cm³/mol. The van der Waals surface area contributed by atoms with Gasteiger partial charge in [-0.05, 0) is 6.61 Å². The fraction of sp³-hybridized carbons (Fsp3) is 0.167. The Hall–Kier alpha value is -2.32. The van der Waals surface area contributed by atoms with E-state index in [2.05, 4.69) is 11.7 Å². The summed E-state index contributed by atoms with van der Waals surface area (Å²) in [6.45, 7) is 3.23. The molecule has 0 aromatic rings. The molecule has 0 rings (SSSR count). The van der Waals surface area contributed by atoms with Crippen LogP contribution in [0.25, 0.3) is 0 Å². The van der Waals surface area contributed by atoms with E-state index in [0.717, 1.165) is 6.08 Å². The summed E-state index contributed by atoms with van der Waals surface area (Å²) in [5, 5.41) is 8.02. The molecule has 0 aromatic heterocycles. The van der Waals surface area contributed by atoms with Crippen LogP contribution in [0.15, 0.2) is 12.2 Å².